The number of hydrogen-bond donors (Lipinski definition) is 0. The zero-order valence-corrected chi connectivity index (χ0v) is 10.5. The molecule has 1 heterocycles. The third-order valence-corrected chi connectivity index (χ3v) is 3.31. The van der Waals surface area contributed by atoms with E-state index in [0.717, 1.165) is 11.3 Å². The maximum atomic E-state index is 12.7. The normalized spacial score (nSPS) is 10.5. The quantitative estimate of drug-likeness (QED) is 0.780. The van der Waals surface area contributed by atoms with Gasteiger partial charge in [0.25, 0.3) is 0 Å². The molecule has 0 aliphatic rings. The summed E-state index contributed by atoms with van der Waals surface area (Å²) >= 11 is 1.14. The van der Waals surface area contributed by atoms with E-state index in [1.165, 1.54) is 24.3 Å². The highest BCUT2D eigenvalue weighted by atomic mass is 32.1. The molecule has 0 saturated heterocycles. The first-order chi connectivity index (χ1) is 8.66. The predicted molar refractivity (Wildman–Crippen MR) is 68.5 cm³/mol. The Labute approximate surface area is 108 Å². The Bertz CT molecular complexity index is 586. The van der Waals surface area contributed by atoms with Crippen molar-refractivity contribution in [3.8, 4) is 0 Å². The average molecular weight is 265 g/mol. The van der Waals surface area contributed by atoms with Gasteiger partial charge in [0.05, 0.1) is 0 Å². The van der Waals surface area contributed by atoms with Gasteiger partial charge in [-0.1, -0.05) is 11.3 Å². The van der Waals surface area contributed by atoms with Gasteiger partial charge in [-0.3, -0.25) is 9.59 Å². The fourth-order valence-corrected chi connectivity index (χ4v) is 2.26. The Morgan fingerprint density at radius 1 is 1.28 bits per heavy atom. The lowest BCUT2D eigenvalue weighted by atomic mass is 10.1. The monoisotopic (exact) mass is 265 g/mol. The fourth-order valence-electron chi connectivity index (χ4n) is 1.65. The topological polar surface area (TPSA) is 39.1 Å². The van der Waals surface area contributed by atoms with Gasteiger partial charge < -0.3 is 4.57 Å². The van der Waals surface area contributed by atoms with E-state index in [4.69, 9.17) is 0 Å². The van der Waals surface area contributed by atoms with Crippen LogP contribution in [-0.4, -0.2) is 10.4 Å². The van der Waals surface area contributed by atoms with Crippen molar-refractivity contribution in [2.45, 2.75) is 19.4 Å². The van der Waals surface area contributed by atoms with Crippen molar-refractivity contribution in [1.82, 2.24) is 4.57 Å². The first kappa shape index (κ1) is 12.7. The number of halogens is 1. The predicted octanol–water partition coefficient (Wildman–Crippen LogP) is 2.71. The molecule has 0 N–H and O–H groups in total. The number of thiazole rings is 1. The van der Waals surface area contributed by atoms with Crippen molar-refractivity contribution in [2.75, 3.05) is 0 Å². The van der Waals surface area contributed by atoms with Gasteiger partial charge in [-0.25, -0.2) is 4.39 Å². The fraction of sp³-hybridized carbons (Fsp3) is 0.231. The molecule has 2 aromatic rings. The number of hydrogen-bond acceptors (Lipinski definition) is 3. The van der Waals surface area contributed by atoms with Crippen LogP contribution in [0.15, 0.2) is 40.6 Å². The minimum absolute atomic E-state index is 0.00997. The molecule has 18 heavy (non-hydrogen) atoms. The number of nitrogens with zero attached hydrogens (tertiary/aromatic N) is 1. The maximum Gasteiger partial charge on any atom is 0.307 e. The standard InChI is InChI=1S/C13H12FNO2S/c14-11-5-3-10(4-6-11)12(16)2-1-7-15-8-9-18-13(15)17/h3-6,8-9H,1-2,7H2. The van der Waals surface area contributed by atoms with Crippen LogP contribution >= 0.6 is 11.3 Å². The third-order valence-electron chi connectivity index (χ3n) is 2.61. The number of carbonyl (C=O) groups excluding carboxylic acids is 1. The first-order valence-corrected chi connectivity index (χ1v) is 6.47. The molecule has 0 saturated carbocycles. The zero-order chi connectivity index (χ0) is 13.0. The largest absolute Gasteiger partial charge is 0.307 e. The van der Waals surface area contributed by atoms with Crippen molar-refractivity contribution in [3.05, 3.63) is 56.9 Å². The molecular weight excluding hydrogens is 253 g/mol. The summed E-state index contributed by atoms with van der Waals surface area (Å²) in [5.74, 6) is -0.380. The van der Waals surface area contributed by atoms with Gasteiger partial charge in [-0.15, -0.1) is 0 Å². The second-order valence-electron chi connectivity index (χ2n) is 3.90. The number of aromatic nitrogens is 1. The smallest absolute Gasteiger partial charge is 0.306 e. The van der Waals surface area contributed by atoms with E-state index in [1.807, 2.05) is 0 Å². The minimum Gasteiger partial charge on any atom is -0.306 e. The minimum atomic E-state index is -0.351. The summed E-state index contributed by atoms with van der Waals surface area (Å²) in [5, 5.41) is 1.73. The molecule has 5 heteroatoms. The number of benzene rings is 1. The van der Waals surface area contributed by atoms with Gasteiger partial charge >= 0.3 is 4.87 Å². The molecule has 0 amide bonds. The lowest BCUT2D eigenvalue weighted by molar-refractivity contribution is 0.0978. The molecule has 0 bridgehead atoms. The molecule has 1 aromatic heterocycles. The van der Waals surface area contributed by atoms with E-state index in [9.17, 15) is 14.0 Å². The van der Waals surface area contributed by atoms with Gasteiger partial charge in [-0.05, 0) is 30.7 Å². The number of ketones is 1. The average Bonchev–Trinajstić information content (AvgIpc) is 2.76. The summed E-state index contributed by atoms with van der Waals surface area (Å²) in [4.78, 5) is 23.0. The highest BCUT2D eigenvalue weighted by molar-refractivity contribution is 7.07. The SMILES string of the molecule is O=C(CCCn1ccsc1=O)c1ccc(F)cc1. The van der Waals surface area contributed by atoms with Crippen LogP contribution in [0.3, 0.4) is 0 Å². The van der Waals surface area contributed by atoms with Crippen LogP contribution in [0.5, 0.6) is 0 Å². The lowest BCUT2D eigenvalue weighted by Crippen LogP contribution is -2.12. The van der Waals surface area contributed by atoms with E-state index >= 15 is 0 Å². The number of Topliss-reactive ketones (excluding diaryl/α,β-unsaturated/α-hetero) is 1. The van der Waals surface area contributed by atoms with E-state index in [0.29, 0.717) is 24.9 Å². The van der Waals surface area contributed by atoms with Gasteiger partial charge in [0.15, 0.2) is 5.78 Å². The molecule has 1 aromatic carbocycles. The van der Waals surface area contributed by atoms with Crippen LogP contribution in [0.1, 0.15) is 23.2 Å². The summed E-state index contributed by atoms with van der Waals surface area (Å²) < 4.78 is 14.3. The second-order valence-corrected chi connectivity index (χ2v) is 4.75. The van der Waals surface area contributed by atoms with Crippen molar-refractivity contribution in [1.29, 1.82) is 0 Å². The Balaban J connectivity index is 1.87. The van der Waals surface area contributed by atoms with E-state index in [-0.39, 0.29) is 16.5 Å². The molecule has 0 atom stereocenters. The van der Waals surface area contributed by atoms with Crippen LogP contribution in [0.2, 0.25) is 0 Å². The van der Waals surface area contributed by atoms with E-state index in [1.54, 1.807) is 16.1 Å². The van der Waals surface area contributed by atoms with Crippen LogP contribution in [0.25, 0.3) is 0 Å². The molecule has 0 fully saturated rings. The molecule has 0 aliphatic heterocycles. The lowest BCUT2D eigenvalue weighted by Gasteiger charge is -2.02. The summed E-state index contributed by atoms with van der Waals surface area (Å²) in [7, 11) is 0. The summed E-state index contributed by atoms with van der Waals surface area (Å²) in [6.07, 6.45) is 2.68. The Kier molecular flexibility index (Phi) is 4.04. The van der Waals surface area contributed by atoms with Crippen LogP contribution in [0.4, 0.5) is 4.39 Å². The highest BCUT2D eigenvalue weighted by Gasteiger charge is 2.06. The van der Waals surface area contributed by atoms with E-state index < -0.39 is 0 Å². The van der Waals surface area contributed by atoms with Crippen LogP contribution < -0.4 is 4.87 Å². The van der Waals surface area contributed by atoms with Crippen LogP contribution in [-0.2, 0) is 6.54 Å². The number of aryl methyl sites for hydroxylation is 1. The number of carbonyl (C=O) groups is 1. The second kappa shape index (κ2) is 5.73. The summed E-state index contributed by atoms with van der Waals surface area (Å²) in [5.41, 5.74) is 0.508. The Morgan fingerprint density at radius 2 is 2.00 bits per heavy atom. The molecule has 94 valence electrons. The maximum absolute atomic E-state index is 12.7. The van der Waals surface area contributed by atoms with Crippen molar-refractivity contribution in [2.24, 2.45) is 0 Å². The molecular formula is C13H12FNO2S. The third kappa shape index (κ3) is 3.13. The van der Waals surface area contributed by atoms with Crippen molar-refractivity contribution >= 4 is 17.1 Å². The highest BCUT2D eigenvalue weighted by Crippen LogP contribution is 2.08. The van der Waals surface area contributed by atoms with Crippen molar-refractivity contribution in [3.63, 3.8) is 0 Å². The Morgan fingerprint density at radius 3 is 2.61 bits per heavy atom. The van der Waals surface area contributed by atoms with Crippen LogP contribution in [0, 0.1) is 5.82 Å². The molecule has 0 unspecified atom stereocenters. The molecule has 0 spiro atoms. The van der Waals surface area contributed by atoms with Crippen molar-refractivity contribution < 1.29 is 9.18 Å². The van der Waals surface area contributed by atoms with Gasteiger partial charge in [0.2, 0.25) is 0 Å². The molecule has 0 radical (unpaired) electrons. The summed E-state index contributed by atoms with van der Waals surface area (Å²) in [6.45, 7) is 0.537. The molecule has 3 nitrogen and oxygen atoms in total. The Hall–Kier alpha value is -1.75. The van der Waals surface area contributed by atoms with Gasteiger partial charge in [0.1, 0.15) is 5.82 Å². The zero-order valence-electron chi connectivity index (χ0n) is 9.64. The van der Waals surface area contributed by atoms with Gasteiger partial charge in [0, 0.05) is 30.1 Å². The number of rotatable bonds is 5. The van der Waals surface area contributed by atoms with E-state index in [2.05, 4.69) is 0 Å². The first-order valence-electron chi connectivity index (χ1n) is 5.59. The summed E-state index contributed by atoms with van der Waals surface area (Å²) in [6, 6.07) is 5.51. The molecule has 2 rings (SSSR count). The molecule has 0 aliphatic carbocycles. The van der Waals surface area contributed by atoms with Gasteiger partial charge in [-0.2, -0.15) is 0 Å².